The van der Waals surface area contributed by atoms with E-state index in [0.717, 1.165) is 11.3 Å². The minimum Gasteiger partial charge on any atom is -0.495 e. The lowest BCUT2D eigenvalue weighted by Crippen LogP contribution is -2.09. The number of aromatic nitrogens is 3. The molecule has 0 fully saturated rings. The molecule has 0 aliphatic rings. The first-order valence-corrected chi connectivity index (χ1v) is 10.6. The van der Waals surface area contributed by atoms with Gasteiger partial charge in [0.25, 0.3) is 0 Å². The molecule has 0 spiro atoms. The van der Waals surface area contributed by atoms with E-state index in [1.165, 1.54) is 18.9 Å². The molecule has 0 saturated heterocycles. The fraction of sp³-hybridized carbons (Fsp3) is 0.227. The van der Waals surface area contributed by atoms with E-state index in [-0.39, 0.29) is 18.1 Å². The predicted molar refractivity (Wildman–Crippen MR) is 119 cm³/mol. The zero-order chi connectivity index (χ0) is 21.5. The number of benzene rings is 2. The first kappa shape index (κ1) is 21.9. The topological polar surface area (TPSA) is 66.2 Å². The quantitative estimate of drug-likeness (QED) is 0.250. The van der Waals surface area contributed by atoms with Gasteiger partial charge in [-0.25, -0.2) is 0 Å². The number of Topliss-reactive ketones (excluding diaryl/α,β-unsaturated/α-hetero) is 1. The molecule has 8 heteroatoms. The van der Waals surface area contributed by atoms with Crippen molar-refractivity contribution < 1.29 is 14.3 Å². The number of nitrogens with zero attached hydrogens (tertiary/aromatic N) is 3. The number of ether oxygens (including phenoxy) is 2. The molecule has 0 radical (unpaired) electrons. The van der Waals surface area contributed by atoms with Crippen molar-refractivity contribution in [1.29, 1.82) is 0 Å². The Morgan fingerprint density at radius 1 is 1.27 bits per heavy atom. The van der Waals surface area contributed by atoms with E-state index in [1.54, 1.807) is 24.3 Å². The number of carbonyl (C=O) groups is 1. The van der Waals surface area contributed by atoms with Crippen molar-refractivity contribution in [3.63, 3.8) is 0 Å². The normalized spacial score (nSPS) is 10.6. The lowest BCUT2D eigenvalue weighted by Gasteiger charge is -2.09. The summed E-state index contributed by atoms with van der Waals surface area (Å²) in [6, 6.07) is 12.8. The van der Waals surface area contributed by atoms with Crippen molar-refractivity contribution in [2.24, 2.45) is 0 Å². The molecule has 3 aromatic rings. The fourth-order valence-corrected chi connectivity index (χ4v) is 3.87. The summed E-state index contributed by atoms with van der Waals surface area (Å²) in [7, 11) is 1.53. The van der Waals surface area contributed by atoms with E-state index in [2.05, 4.69) is 16.8 Å². The van der Waals surface area contributed by atoms with Gasteiger partial charge in [0.15, 0.2) is 16.8 Å². The summed E-state index contributed by atoms with van der Waals surface area (Å²) in [6.45, 7) is 6.59. The number of allylic oxidation sites excluding steroid dienone is 1. The van der Waals surface area contributed by atoms with E-state index in [1.807, 2.05) is 35.8 Å². The van der Waals surface area contributed by atoms with Crippen LogP contribution < -0.4 is 9.47 Å². The van der Waals surface area contributed by atoms with Crippen LogP contribution in [0.1, 0.15) is 21.7 Å². The molecule has 0 atom stereocenters. The Bertz CT molecular complexity index is 1050. The second kappa shape index (κ2) is 10.3. The Balaban J connectivity index is 1.67. The van der Waals surface area contributed by atoms with Gasteiger partial charge in [0, 0.05) is 12.1 Å². The second-order valence-electron chi connectivity index (χ2n) is 6.46. The monoisotopic (exact) mass is 443 g/mol. The van der Waals surface area contributed by atoms with Gasteiger partial charge in [-0.15, -0.1) is 16.8 Å². The van der Waals surface area contributed by atoms with Gasteiger partial charge in [-0.3, -0.25) is 9.36 Å². The lowest BCUT2D eigenvalue weighted by atomic mass is 10.1. The number of hydrogen-bond acceptors (Lipinski definition) is 6. The Labute approximate surface area is 184 Å². The summed E-state index contributed by atoms with van der Waals surface area (Å²) in [6.07, 6.45) is 1.76. The third-order valence-corrected chi connectivity index (χ3v) is 5.53. The molecule has 0 unspecified atom stereocenters. The van der Waals surface area contributed by atoms with Crippen LogP contribution in [0.3, 0.4) is 0 Å². The van der Waals surface area contributed by atoms with Crippen LogP contribution >= 0.6 is 23.4 Å². The summed E-state index contributed by atoms with van der Waals surface area (Å²) < 4.78 is 12.9. The number of rotatable bonds is 10. The Morgan fingerprint density at radius 3 is 2.80 bits per heavy atom. The predicted octanol–water partition coefficient (Wildman–Crippen LogP) is 4.99. The van der Waals surface area contributed by atoms with Crippen LogP contribution in [0.2, 0.25) is 5.02 Å². The lowest BCUT2D eigenvalue weighted by molar-refractivity contribution is 0.102. The Morgan fingerprint density at radius 2 is 2.10 bits per heavy atom. The van der Waals surface area contributed by atoms with Crippen molar-refractivity contribution in [3.8, 4) is 11.5 Å². The molecule has 0 aliphatic carbocycles. The number of halogens is 1. The largest absolute Gasteiger partial charge is 0.495 e. The fourth-order valence-electron chi connectivity index (χ4n) is 2.75. The minimum atomic E-state index is -0.0599. The molecule has 0 aliphatic heterocycles. The zero-order valence-corrected chi connectivity index (χ0v) is 18.4. The smallest absolute Gasteiger partial charge is 0.192 e. The number of ketones is 1. The van der Waals surface area contributed by atoms with Gasteiger partial charge in [0.05, 0.1) is 17.9 Å². The number of aryl methyl sites for hydroxylation is 1. The molecule has 3 rings (SSSR count). The average molecular weight is 444 g/mol. The third kappa shape index (κ3) is 5.43. The number of hydrogen-bond donors (Lipinski definition) is 0. The molecule has 6 nitrogen and oxygen atoms in total. The van der Waals surface area contributed by atoms with Crippen LogP contribution in [0.25, 0.3) is 0 Å². The number of carbonyl (C=O) groups excluding carboxylic acids is 1. The highest BCUT2D eigenvalue weighted by Crippen LogP contribution is 2.26. The van der Waals surface area contributed by atoms with Gasteiger partial charge >= 0.3 is 0 Å². The first-order valence-electron chi connectivity index (χ1n) is 9.23. The van der Waals surface area contributed by atoms with Crippen molar-refractivity contribution in [1.82, 2.24) is 14.8 Å². The average Bonchev–Trinajstić information content (AvgIpc) is 3.12. The molecule has 30 heavy (non-hydrogen) atoms. The molecule has 156 valence electrons. The molecular weight excluding hydrogens is 422 g/mol. The molecule has 2 aromatic carbocycles. The van der Waals surface area contributed by atoms with Crippen LogP contribution in [0, 0.1) is 6.92 Å². The van der Waals surface area contributed by atoms with Gasteiger partial charge < -0.3 is 9.47 Å². The Hall–Kier alpha value is -2.77. The highest BCUT2D eigenvalue weighted by molar-refractivity contribution is 7.99. The zero-order valence-electron chi connectivity index (χ0n) is 16.8. The van der Waals surface area contributed by atoms with Gasteiger partial charge in [-0.05, 0) is 42.8 Å². The molecular formula is C22H22ClN3O3S. The van der Waals surface area contributed by atoms with Crippen LogP contribution in [0.15, 0.2) is 60.3 Å². The van der Waals surface area contributed by atoms with E-state index < -0.39 is 0 Å². The van der Waals surface area contributed by atoms with Crippen LogP contribution in [-0.4, -0.2) is 33.4 Å². The maximum Gasteiger partial charge on any atom is 0.192 e. The van der Waals surface area contributed by atoms with Crippen LogP contribution in [-0.2, 0) is 13.2 Å². The van der Waals surface area contributed by atoms with Gasteiger partial charge in [-0.1, -0.05) is 41.6 Å². The van der Waals surface area contributed by atoms with E-state index in [4.69, 9.17) is 21.1 Å². The van der Waals surface area contributed by atoms with Gasteiger partial charge in [0.1, 0.15) is 18.1 Å². The van der Waals surface area contributed by atoms with Gasteiger partial charge in [-0.2, -0.15) is 0 Å². The van der Waals surface area contributed by atoms with E-state index in [9.17, 15) is 4.79 Å². The van der Waals surface area contributed by atoms with Crippen LogP contribution in [0.4, 0.5) is 0 Å². The maximum atomic E-state index is 12.6. The summed E-state index contributed by atoms with van der Waals surface area (Å²) in [4.78, 5) is 12.6. The number of methoxy groups -OCH3 is 1. The van der Waals surface area contributed by atoms with Crippen molar-refractivity contribution >= 4 is 29.1 Å². The number of thioether (sulfide) groups is 1. The molecule has 0 N–H and O–H groups in total. The third-order valence-electron chi connectivity index (χ3n) is 4.27. The molecule has 1 heterocycles. The minimum absolute atomic E-state index is 0.0599. The van der Waals surface area contributed by atoms with E-state index in [0.29, 0.717) is 33.9 Å². The van der Waals surface area contributed by atoms with Crippen LogP contribution in [0.5, 0.6) is 11.5 Å². The first-order chi connectivity index (χ1) is 14.5. The molecule has 1 aromatic heterocycles. The SMILES string of the molecule is C=CCn1c(COc2cccc(C)c2)nnc1SCC(=O)c1ccc(OC)c(Cl)c1. The highest BCUT2D eigenvalue weighted by atomic mass is 35.5. The Kier molecular flexibility index (Phi) is 7.54. The molecule has 0 amide bonds. The summed E-state index contributed by atoms with van der Waals surface area (Å²) in [5.41, 5.74) is 1.64. The maximum absolute atomic E-state index is 12.6. The van der Waals surface area contributed by atoms with Gasteiger partial charge in [0.2, 0.25) is 0 Å². The second-order valence-corrected chi connectivity index (χ2v) is 7.81. The summed E-state index contributed by atoms with van der Waals surface area (Å²) in [5.74, 6) is 2.11. The summed E-state index contributed by atoms with van der Waals surface area (Å²) in [5, 5.41) is 9.49. The molecule has 0 saturated carbocycles. The summed E-state index contributed by atoms with van der Waals surface area (Å²) >= 11 is 7.43. The standard InChI is InChI=1S/C22H22ClN3O3S/c1-4-10-26-21(13-29-17-7-5-6-15(2)11-17)24-25-22(26)30-14-19(27)16-8-9-20(28-3)18(23)12-16/h4-9,11-12H,1,10,13-14H2,2-3H3. The molecule has 0 bridgehead atoms. The van der Waals surface area contributed by atoms with E-state index >= 15 is 0 Å². The van der Waals surface area contributed by atoms with Crippen molar-refractivity contribution in [2.75, 3.05) is 12.9 Å². The van der Waals surface area contributed by atoms with Crippen molar-refractivity contribution in [3.05, 3.63) is 77.1 Å². The van der Waals surface area contributed by atoms with Crippen molar-refractivity contribution in [2.45, 2.75) is 25.2 Å². The highest BCUT2D eigenvalue weighted by Gasteiger charge is 2.16.